The number of rotatable bonds is 4. The maximum atomic E-state index is 10.6. The summed E-state index contributed by atoms with van der Waals surface area (Å²) in [7, 11) is -1.79. The van der Waals surface area contributed by atoms with E-state index in [2.05, 4.69) is 39.0 Å². The molecule has 0 aliphatic carbocycles. The first-order chi connectivity index (χ1) is 7.68. The van der Waals surface area contributed by atoms with Crippen LogP contribution in [0.2, 0.25) is 18.1 Å². The van der Waals surface area contributed by atoms with Gasteiger partial charge in [0, 0.05) is 6.20 Å². The molecule has 1 aromatic heterocycles. The molecular formula is C12H22N2O2Si. The first-order valence-corrected chi connectivity index (χ1v) is 8.92. The third kappa shape index (κ3) is 3.04. The minimum atomic E-state index is -1.79. The summed E-state index contributed by atoms with van der Waals surface area (Å²) < 4.78 is 1.65. The van der Waals surface area contributed by atoms with Crippen molar-refractivity contribution in [3.05, 3.63) is 18.0 Å². The minimum Gasteiger partial charge on any atom is -0.395 e. The Morgan fingerprint density at radius 1 is 1.53 bits per heavy atom. The summed E-state index contributed by atoms with van der Waals surface area (Å²) in [5.41, 5.74) is 0.175. The third-order valence-electron chi connectivity index (χ3n) is 3.92. The minimum absolute atomic E-state index is 0.132. The van der Waals surface area contributed by atoms with Gasteiger partial charge in [0.2, 0.25) is 0 Å². The highest BCUT2D eigenvalue weighted by Crippen LogP contribution is 2.38. The van der Waals surface area contributed by atoms with Gasteiger partial charge in [0.25, 0.3) is 0 Å². The fraction of sp³-hybridized carbons (Fsp3) is 0.667. The Kier molecular flexibility index (Phi) is 3.94. The molecule has 0 unspecified atom stereocenters. The first-order valence-electron chi connectivity index (χ1n) is 5.84. The van der Waals surface area contributed by atoms with Crippen LogP contribution in [-0.2, 0) is 6.54 Å². The zero-order valence-corrected chi connectivity index (χ0v) is 12.3. The summed E-state index contributed by atoms with van der Waals surface area (Å²) in [6.45, 7) is 11.3. The quantitative estimate of drug-likeness (QED) is 0.661. The van der Waals surface area contributed by atoms with Gasteiger partial charge in [0.1, 0.15) is 0 Å². The van der Waals surface area contributed by atoms with Crippen LogP contribution in [0.4, 0.5) is 0 Å². The standard InChI is InChI=1S/C12H22N2O2Si/c1-12(2,3)17(4,5)11(16)8-14-7-10(9-15)6-13-14/h6-7,9,11,16H,8H2,1-5H3/t11-/m0/s1. The molecule has 0 fully saturated rings. The van der Waals surface area contributed by atoms with Crippen LogP contribution in [0.3, 0.4) is 0 Å². The molecule has 4 nitrogen and oxygen atoms in total. The van der Waals surface area contributed by atoms with Gasteiger partial charge in [0.05, 0.1) is 32.1 Å². The second kappa shape index (κ2) is 4.74. The molecule has 1 N–H and O–H groups in total. The predicted molar refractivity (Wildman–Crippen MR) is 70.8 cm³/mol. The van der Waals surface area contributed by atoms with Crippen LogP contribution in [0.25, 0.3) is 0 Å². The molecule has 1 atom stereocenters. The van der Waals surface area contributed by atoms with Crippen LogP contribution in [0, 0.1) is 0 Å². The number of aliphatic hydroxyl groups excluding tert-OH is 1. The lowest BCUT2D eigenvalue weighted by atomic mass is 10.2. The highest BCUT2D eigenvalue weighted by atomic mass is 28.3. The maximum absolute atomic E-state index is 10.6. The molecule has 1 rings (SSSR count). The van der Waals surface area contributed by atoms with Gasteiger partial charge in [-0.3, -0.25) is 9.48 Å². The summed E-state index contributed by atoms with van der Waals surface area (Å²) in [6.07, 6.45) is 3.96. The van der Waals surface area contributed by atoms with Crippen LogP contribution < -0.4 is 0 Å². The molecule has 17 heavy (non-hydrogen) atoms. The lowest BCUT2D eigenvalue weighted by Crippen LogP contribution is -2.51. The summed E-state index contributed by atoms with van der Waals surface area (Å²) >= 11 is 0. The van der Waals surface area contributed by atoms with Gasteiger partial charge in [-0.05, 0) is 5.04 Å². The van der Waals surface area contributed by atoms with E-state index >= 15 is 0 Å². The molecule has 0 saturated carbocycles. The van der Waals surface area contributed by atoms with Crippen molar-refractivity contribution >= 4 is 14.4 Å². The Balaban J connectivity index is 2.78. The highest BCUT2D eigenvalue weighted by Gasteiger charge is 2.41. The van der Waals surface area contributed by atoms with Crippen molar-refractivity contribution in [2.24, 2.45) is 0 Å². The van der Waals surface area contributed by atoms with E-state index in [9.17, 15) is 9.90 Å². The van der Waals surface area contributed by atoms with Crippen LogP contribution in [0.1, 0.15) is 31.1 Å². The number of carbonyl (C=O) groups excluding carboxylic acids is 1. The molecule has 96 valence electrons. The van der Waals surface area contributed by atoms with Crippen LogP contribution in [-0.4, -0.2) is 35.0 Å². The Bertz CT molecular complexity index is 393. The number of hydrogen-bond acceptors (Lipinski definition) is 3. The van der Waals surface area contributed by atoms with Crippen molar-refractivity contribution in [2.45, 2.75) is 51.2 Å². The average Bonchev–Trinajstić information content (AvgIpc) is 2.63. The monoisotopic (exact) mass is 254 g/mol. The van der Waals surface area contributed by atoms with E-state index in [1.807, 2.05) is 0 Å². The molecule has 5 heteroatoms. The van der Waals surface area contributed by atoms with Crippen molar-refractivity contribution in [3.8, 4) is 0 Å². The average molecular weight is 254 g/mol. The lowest BCUT2D eigenvalue weighted by Gasteiger charge is -2.40. The van der Waals surface area contributed by atoms with E-state index in [0.717, 1.165) is 6.29 Å². The van der Waals surface area contributed by atoms with Crippen molar-refractivity contribution in [2.75, 3.05) is 0 Å². The third-order valence-corrected chi connectivity index (χ3v) is 9.63. The first kappa shape index (κ1) is 14.1. The van der Waals surface area contributed by atoms with E-state index in [4.69, 9.17) is 0 Å². The van der Waals surface area contributed by atoms with E-state index < -0.39 is 8.07 Å². The van der Waals surface area contributed by atoms with E-state index in [1.54, 1.807) is 10.9 Å². The van der Waals surface area contributed by atoms with Gasteiger partial charge in [-0.15, -0.1) is 0 Å². The molecule has 0 aliphatic heterocycles. The van der Waals surface area contributed by atoms with Crippen LogP contribution in [0.5, 0.6) is 0 Å². The molecule has 0 aliphatic rings. The Morgan fingerprint density at radius 2 is 2.12 bits per heavy atom. The molecule has 0 bridgehead atoms. The van der Waals surface area contributed by atoms with Crippen molar-refractivity contribution in [1.82, 2.24) is 9.78 Å². The normalized spacial score (nSPS) is 14.7. The van der Waals surface area contributed by atoms with Crippen LogP contribution >= 0.6 is 0 Å². The Labute approximate surface area is 104 Å². The van der Waals surface area contributed by atoms with Crippen molar-refractivity contribution < 1.29 is 9.90 Å². The van der Waals surface area contributed by atoms with Gasteiger partial charge < -0.3 is 5.11 Å². The van der Waals surface area contributed by atoms with Gasteiger partial charge in [-0.2, -0.15) is 5.10 Å². The largest absolute Gasteiger partial charge is 0.395 e. The van der Waals surface area contributed by atoms with Gasteiger partial charge in [0.15, 0.2) is 6.29 Å². The molecule has 0 aromatic carbocycles. The Morgan fingerprint density at radius 3 is 2.53 bits per heavy atom. The number of carbonyl (C=O) groups is 1. The highest BCUT2D eigenvalue weighted by molar-refractivity contribution is 6.81. The van der Waals surface area contributed by atoms with Crippen LogP contribution in [0.15, 0.2) is 12.4 Å². The maximum Gasteiger partial charge on any atom is 0.153 e. The molecule has 0 spiro atoms. The summed E-state index contributed by atoms with van der Waals surface area (Å²) in [5.74, 6) is 0. The molecule has 1 heterocycles. The Hall–Kier alpha value is -0.943. The number of nitrogens with zero attached hydrogens (tertiary/aromatic N) is 2. The van der Waals surface area contributed by atoms with Crippen molar-refractivity contribution in [3.63, 3.8) is 0 Å². The predicted octanol–water partition coefficient (Wildman–Crippen LogP) is 2.10. The smallest absolute Gasteiger partial charge is 0.153 e. The molecule has 1 aromatic rings. The number of aliphatic hydroxyl groups is 1. The fourth-order valence-corrected chi connectivity index (χ4v) is 3.09. The summed E-state index contributed by atoms with van der Waals surface area (Å²) in [5, 5.41) is 14.6. The lowest BCUT2D eigenvalue weighted by molar-refractivity contribution is 0.112. The fourth-order valence-electron chi connectivity index (χ4n) is 1.45. The van der Waals surface area contributed by atoms with Crippen molar-refractivity contribution in [1.29, 1.82) is 0 Å². The SMILES string of the molecule is CC(C)(C)[Si](C)(C)[C@H](O)Cn1cc(C=O)cn1. The van der Waals surface area contributed by atoms with Gasteiger partial charge >= 0.3 is 0 Å². The molecule has 0 radical (unpaired) electrons. The second-order valence-corrected chi connectivity index (χ2v) is 11.7. The van der Waals surface area contributed by atoms with E-state index in [0.29, 0.717) is 12.1 Å². The zero-order valence-electron chi connectivity index (χ0n) is 11.3. The second-order valence-electron chi connectivity index (χ2n) is 6.10. The molecule has 0 saturated heterocycles. The zero-order chi connectivity index (χ0) is 13.3. The van der Waals surface area contributed by atoms with E-state index in [1.165, 1.54) is 6.20 Å². The molecule has 0 amide bonds. The summed E-state index contributed by atoms with van der Waals surface area (Å²) in [6, 6.07) is 0. The topological polar surface area (TPSA) is 55.1 Å². The number of aromatic nitrogens is 2. The summed E-state index contributed by atoms with van der Waals surface area (Å²) in [4.78, 5) is 10.6. The van der Waals surface area contributed by atoms with Gasteiger partial charge in [-0.25, -0.2) is 0 Å². The molecular weight excluding hydrogens is 232 g/mol. The number of hydrogen-bond donors (Lipinski definition) is 1. The van der Waals surface area contributed by atoms with E-state index in [-0.39, 0.29) is 10.8 Å². The number of aldehydes is 1. The van der Waals surface area contributed by atoms with Gasteiger partial charge in [-0.1, -0.05) is 33.9 Å².